The van der Waals surface area contributed by atoms with Crippen molar-refractivity contribution >= 4 is 29.2 Å². The van der Waals surface area contributed by atoms with Crippen molar-refractivity contribution in [2.75, 3.05) is 11.9 Å². The second kappa shape index (κ2) is 7.79. The van der Waals surface area contributed by atoms with Gasteiger partial charge in [-0.3, -0.25) is 9.59 Å². The zero-order valence-electron chi connectivity index (χ0n) is 13.1. The third-order valence-corrected chi connectivity index (χ3v) is 3.76. The lowest BCUT2D eigenvalue weighted by Gasteiger charge is -2.10. The number of aryl methyl sites for hydroxylation is 1. The molecule has 120 valence electrons. The number of carbonyl (C=O) groups is 2. The molecule has 5 heteroatoms. The second-order valence-corrected chi connectivity index (χ2v) is 5.70. The molecule has 0 saturated heterocycles. The first-order valence-corrected chi connectivity index (χ1v) is 7.59. The SMILES string of the molecule is Cc1cccc(NC(=O)COC(=O)Cc2ccc(Cl)cc2)c1C. The van der Waals surface area contributed by atoms with Gasteiger partial charge in [-0.15, -0.1) is 0 Å². The quantitative estimate of drug-likeness (QED) is 0.850. The van der Waals surface area contributed by atoms with Crippen molar-refractivity contribution in [3.8, 4) is 0 Å². The molecule has 0 radical (unpaired) electrons. The fourth-order valence-corrected chi connectivity index (χ4v) is 2.16. The van der Waals surface area contributed by atoms with Crippen molar-refractivity contribution in [3.63, 3.8) is 0 Å². The lowest BCUT2D eigenvalue weighted by molar-refractivity contribution is -0.146. The molecule has 1 amide bonds. The summed E-state index contributed by atoms with van der Waals surface area (Å²) in [6.07, 6.45) is 0.105. The molecule has 0 aliphatic heterocycles. The number of halogens is 1. The molecule has 2 aromatic carbocycles. The molecule has 0 saturated carbocycles. The van der Waals surface area contributed by atoms with Gasteiger partial charge < -0.3 is 10.1 Å². The van der Waals surface area contributed by atoms with Gasteiger partial charge in [0.1, 0.15) is 0 Å². The molecule has 0 atom stereocenters. The predicted molar refractivity (Wildman–Crippen MR) is 90.7 cm³/mol. The van der Waals surface area contributed by atoms with Gasteiger partial charge >= 0.3 is 5.97 Å². The number of nitrogens with one attached hydrogen (secondary N) is 1. The van der Waals surface area contributed by atoms with E-state index in [1.807, 2.05) is 32.0 Å². The standard InChI is InChI=1S/C18H18ClNO3/c1-12-4-3-5-16(13(12)2)20-17(21)11-23-18(22)10-14-6-8-15(19)9-7-14/h3-9H,10-11H2,1-2H3,(H,20,21). The average molecular weight is 332 g/mol. The zero-order valence-corrected chi connectivity index (χ0v) is 13.8. The maximum absolute atomic E-state index is 11.9. The van der Waals surface area contributed by atoms with Gasteiger partial charge in [0.2, 0.25) is 0 Å². The summed E-state index contributed by atoms with van der Waals surface area (Å²) in [6.45, 7) is 3.59. The van der Waals surface area contributed by atoms with E-state index in [1.165, 1.54) is 0 Å². The van der Waals surface area contributed by atoms with Gasteiger partial charge in [0.15, 0.2) is 6.61 Å². The van der Waals surface area contributed by atoms with E-state index in [0.29, 0.717) is 5.02 Å². The molecule has 0 aromatic heterocycles. The number of amides is 1. The maximum Gasteiger partial charge on any atom is 0.310 e. The molecule has 0 aliphatic carbocycles. The van der Waals surface area contributed by atoms with E-state index in [4.69, 9.17) is 16.3 Å². The number of esters is 1. The Balaban J connectivity index is 1.83. The number of ether oxygens (including phenoxy) is 1. The smallest absolute Gasteiger partial charge is 0.310 e. The third kappa shape index (κ3) is 5.11. The average Bonchev–Trinajstić information content (AvgIpc) is 2.52. The maximum atomic E-state index is 11.9. The first kappa shape index (κ1) is 17.0. The fourth-order valence-electron chi connectivity index (χ4n) is 2.04. The number of carbonyl (C=O) groups excluding carboxylic acids is 2. The van der Waals surface area contributed by atoms with E-state index >= 15 is 0 Å². The van der Waals surface area contributed by atoms with E-state index in [9.17, 15) is 9.59 Å². The molecular formula is C18H18ClNO3. The Morgan fingerprint density at radius 3 is 2.48 bits per heavy atom. The van der Waals surface area contributed by atoms with Crippen molar-refractivity contribution in [2.45, 2.75) is 20.3 Å². The van der Waals surface area contributed by atoms with Crippen LogP contribution in [-0.2, 0) is 20.7 Å². The molecule has 4 nitrogen and oxygen atoms in total. The fraction of sp³-hybridized carbons (Fsp3) is 0.222. The van der Waals surface area contributed by atoms with Crippen LogP contribution in [-0.4, -0.2) is 18.5 Å². The highest BCUT2D eigenvalue weighted by Gasteiger charge is 2.10. The summed E-state index contributed by atoms with van der Waals surface area (Å²) in [6, 6.07) is 12.6. The van der Waals surface area contributed by atoms with Crippen molar-refractivity contribution in [3.05, 3.63) is 64.2 Å². The predicted octanol–water partition coefficient (Wildman–Crippen LogP) is 3.68. The second-order valence-electron chi connectivity index (χ2n) is 5.26. The van der Waals surface area contributed by atoms with Crippen LogP contribution in [0.5, 0.6) is 0 Å². The normalized spacial score (nSPS) is 10.2. The summed E-state index contributed by atoms with van der Waals surface area (Å²) in [5.41, 5.74) is 3.59. The minimum absolute atomic E-state index is 0.105. The van der Waals surface area contributed by atoms with E-state index in [1.54, 1.807) is 24.3 Å². The van der Waals surface area contributed by atoms with Gasteiger partial charge in [-0.1, -0.05) is 35.9 Å². The van der Waals surface area contributed by atoms with Crippen molar-refractivity contribution in [1.82, 2.24) is 0 Å². The Kier molecular flexibility index (Phi) is 5.77. The Labute approximate surface area is 140 Å². The molecule has 0 fully saturated rings. The summed E-state index contributed by atoms with van der Waals surface area (Å²) in [5, 5.41) is 3.35. The molecule has 23 heavy (non-hydrogen) atoms. The van der Waals surface area contributed by atoms with Crippen LogP contribution in [0, 0.1) is 13.8 Å². The lowest BCUT2D eigenvalue weighted by atomic mass is 10.1. The summed E-state index contributed by atoms with van der Waals surface area (Å²) < 4.78 is 5.00. The van der Waals surface area contributed by atoms with Crippen LogP contribution >= 0.6 is 11.6 Å². The summed E-state index contributed by atoms with van der Waals surface area (Å²) in [7, 11) is 0. The molecule has 0 spiro atoms. The van der Waals surface area contributed by atoms with Crippen molar-refractivity contribution in [2.24, 2.45) is 0 Å². The number of hydrogen-bond donors (Lipinski definition) is 1. The van der Waals surface area contributed by atoms with Crippen LogP contribution in [0.2, 0.25) is 5.02 Å². The number of anilines is 1. The van der Waals surface area contributed by atoms with Gasteiger partial charge in [0, 0.05) is 10.7 Å². The van der Waals surface area contributed by atoms with Crippen molar-refractivity contribution < 1.29 is 14.3 Å². The monoisotopic (exact) mass is 331 g/mol. The molecule has 1 N–H and O–H groups in total. The first-order valence-electron chi connectivity index (χ1n) is 7.22. The van der Waals surface area contributed by atoms with Crippen LogP contribution in [0.3, 0.4) is 0 Å². The molecule has 0 bridgehead atoms. The number of hydrogen-bond acceptors (Lipinski definition) is 3. The Morgan fingerprint density at radius 1 is 1.09 bits per heavy atom. The highest BCUT2D eigenvalue weighted by Crippen LogP contribution is 2.17. The van der Waals surface area contributed by atoms with E-state index < -0.39 is 5.97 Å². The Morgan fingerprint density at radius 2 is 1.78 bits per heavy atom. The van der Waals surface area contributed by atoms with E-state index in [0.717, 1.165) is 22.4 Å². The molecule has 0 heterocycles. The molecular weight excluding hydrogens is 314 g/mol. The zero-order chi connectivity index (χ0) is 16.8. The third-order valence-electron chi connectivity index (χ3n) is 3.50. The minimum atomic E-state index is -0.455. The van der Waals surface area contributed by atoms with E-state index in [-0.39, 0.29) is 18.9 Å². The molecule has 2 aromatic rings. The Hall–Kier alpha value is -2.33. The van der Waals surface area contributed by atoms with Gasteiger partial charge in [0.25, 0.3) is 5.91 Å². The van der Waals surface area contributed by atoms with Crippen LogP contribution < -0.4 is 5.32 Å². The van der Waals surface area contributed by atoms with Crippen LogP contribution in [0.4, 0.5) is 5.69 Å². The molecule has 2 rings (SSSR count). The van der Waals surface area contributed by atoms with Crippen molar-refractivity contribution in [1.29, 1.82) is 0 Å². The highest BCUT2D eigenvalue weighted by atomic mass is 35.5. The molecule has 0 unspecified atom stereocenters. The van der Waals surface area contributed by atoms with Crippen LogP contribution in [0.15, 0.2) is 42.5 Å². The van der Waals surface area contributed by atoms with E-state index in [2.05, 4.69) is 5.32 Å². The van der Waals surface area contributed by atoms with Crippen LogP contribution in [0.25, 0.3) is 0 Å². The minimum Gasteiger partial charge on any atom is -0.455 e. The summed E-state index contributed by atoms with van der Waals surface area (Å²) in [5.74, 6) is -0.813. The van der Waals surface area contributed by atoms with Gasteiger partial charge in [0.05, 0.1) is 6.42 Å². The highest BCUT2D eigenvalue weighted by molar-refractivity contribution is 6.30. The largest absolute Gasteiger partial charge is 0.455 e. The van der Waals surface area contributed by atoms with Gasteiger partial charge in [-0.2, -0.15) is 0 Å². The van der Waals surface area contributed by atoms with Crippen LogP contribution in [0.1, 0.15) is 16.7 Å². The topological polar surface area (TPSA) is 55.4 Å². The van der Waals surface area contributed by atoms with Gasteiger partial charge in [-0.05, 0) is 48.7 Å². The summed E-state index contributed by atoms with van der Waals surface area (Å²) >= 11 is 5.78. The lowest BCUT2D eigenvalue weighted by Crippen LogP contribution is -2.22. The number of rotatable bonds is 5. The van der Waals surface area contributed by atoms with Gasteiger partial charge in [-0.25, -0.2) is 0 Å². The summed E-state index contributed by atoms with van der Waals surface area (Å²) in [4.78, 5) is 23.6. The first-order chi connectivity index (χ1) is 11.0. The Bertz CT molecular complexity index is 711. The molecule has 0 aliphatic rings. The number of benzene rings is 2.